The van der Waals surface area contributed by atoms with Gasteiger partial charge in [0, 0.05) is 33.2 Å². The second-order valence-electron chi connectivity index (χ2n) is 20.4. The minimum absolute atomic E-state index is 0.484. The Morgan fingerprint density at radius 1 is 0.276 bits per heavy atom. The van der Waals surface area contributed by atoms with E-state index in [4.69, 9.17) is 9.97 Å². The van der Waals surface area contributed by atoms with Gasteiger partial charge in [-0.15, -0.1) is 0 Å². The first-order valence-electron chi connectivity index (χ1n) is 26.2. The SMILES string of the molecule is c1ccc(-c2ccc3c4ccccc4n(-c4cc(-c5nc(-c6ccccc6)cc(-c6cccc7c6-c6ccccc6C76c7ccccc7-c7ccccc76)n5)cc(-c5cc6ccccc6c6ccccc56)c4)c3c2)cc1. The minimum atomic E-state index is -0.484. The number of hydrogen-bond acceptors (Lipinski definition) is 2. The maximum absolute atomic E-state index is 5.78. The molecule has 0 bridgehead atoms. The van der Waals surface area contributed by atoms with E-state index in [2.05, 4.69) is 278 Å². The maximum Gasteiger partial charge on any atom is 0.160 e. The molecule has 0 radical (unpaired) electrons. The van der Waals surface area contributed by atoms with E-state index in [0.29, 0.717) is 5.82 Å². The highest BCUT2D eigenvalue weighted by Crippen LogP contribution is 2.64. The highest BCUT2D eigenvalue weighted by molar-refractivity contribution is 6.15. The lowest BCUT2D eigenvalue weighted by molar-refractivity contribution is 0.794. The number of nitrogens with zero attached hydrogens (tertiary/aromatic N) is 3. The highest BCUT2D eigenvalue weighted by atomic mass is 15.0. The van der Waals surface area contributed by atoms with Gasteiger partial charge in [0.05, 0.1) is 27.8 Å². The Bertz CT molecular complexity index is 4650. The van der Waals surface area contributed by atoms with Crippen LogP contribution in [0.25, 0.3) is 127 Å². The van der Waals surface area contributed by atoms with Crippen LogP contribution in [0, 0.1) is 0 Å². The van der Waals surface area contributed by atoms with E-state index in [0.717, 1.165) is 55.9 Å². The van der Waals surface area contributed by atoms with Crippen LogP contribution in [0.1, 0.15) is 22.3 Å². The van der Waals surface area contributed by atoms with Gasteiger partial charge in [-0.3, -0.25) is 0 Å². The van der Waals surface area contributed by atoms with Crippen molar-refractivity contribution < 1.29 is 0 Å². The predicted octanol–water partition coefficient (Wildman–Crippen LogP) is 18.6. The van der Waals surface area contributed by atoms with Crippen LogP contribution in [-0.4, -0.2) is 14.5 Å². The Morgan fingerprint density at radius 2 is 0.829 bits per heavy atom. The molecule has 14 aromatic rings. The molecule has 0 atom stereocenters. The molecule has 16 rings (SSSR count). The van der Waals surface area contributed by atoms with Crippen LogP contribution in [0.15, 0.2) is 273 Å². The highest BCUT2D eigenvalue weighted by Gasteiger charge is 2.52. The van der Waals surface area contributed by atoms with Gasteiger partial charge >= 0.3 is 0 Å². The fourth-order valence-corrected chi connectivity index (χ4v) is 13.2. The van der Waals surface area contributed by atoms with Crippen LogP contribution in [0.2, 0.25) is 0 Å². The Kier molecular flexibility index (Phi) is 9.25. The summed E-state index contributed by atoms with van der Waals surface area (Å²) < 4.78 is 2.45. The third kappa shape index (κ3) is 6.17. The van der Waals surface area contributed by atoms with Crippen LogP contribution < -0.4 is 0 Å². The van der Waals surface area contributed by atoms with Gasteiger partial charge in [0.2, 0.25) is 0 Å². The lowest BCUT2D eigenvalue weighted by Crippen LogP contribution is -2.25. The first kappa shape index (κ1) is 42.5. The fourth-order valence-electron chi connectivity index (χ4n) is 13.2. The number of rotatable bonds is 6. The monoisotopic (exact) mass is 963 g/mol. The van der Waals surface area contributed by atoms with Crippen molar-refractivity contribution in [3.63, 3.8) is 0 Å². The van der Waals surface area contributed by atoms with Crippen LogP contribution in [-0.2, 0) is 5.41 Å². The van der Waals surface area contributed by atoms with Gasteiger partial charge < -0.3 is 4.57 Å². The number of para-hydroxylation sites is 1. The molecule has 2 aromatic heterocycles. The quantitative estimate of drug-likeness (QED) is 0.156. The van der Waals surface area contributed by atoms with Gasteiger partial charge in [0.1, 0.15) is 0 Å². The number of fused-ring (bicyclic) bond motifs is 16. The molecule has 0 saturated carbocycles. The average molecular weight is 964 g/mol. The molecule has 2 heterocycles. The summed E-state index contributed by atoms with van der Waals surface area (Å²) in [5.41, 5.74) is 22.4. The smallest absolute Gasteiger partial charge is 0.160 e. The third-order valence-electron chi connectivity index (χ3n) is 16.4. The standard InChI is InChI=1S/C73H45N3/c1-3-20-46(21-4-1)48-38-39-59-58-30-14-18-37-69(58)76(70(59)44-48)52-41-50(62-43-49-24-7-8-25-53(49)54-26-9-10-27-55(54)62)40-51(42-52)72-74-67(47-22-5-2-6-23-47)45-68(75-72)61-32-19-36-66-71(61)60-31-13-17-35-65(60)73(66)63-33-15-11-28-56(63)57-29-12-16-34-64(57)73/h1-45H. The first-order chi connectivity index (χ1) is 37.7. The third-order valence-corrected chi connectivity index (χ3v) is 16.4. The van der Waals surface area contributed by atoms with E-state index in [1.54, 1.807) is 0 Å². The topological polar surface area (TPSA) is 30.7 Å². The van der Waals surface area contributed by atoms with Crippen molar-refractivity contribution >= 4 is 43.4 Å². The second-order valence-corrected chi connectivity index (χ2v) is 20.4. The van der Waals surface area contributed by atoms with Crippen molar-refractivity contribution in [2.75, 3.05) is 0 Å². The van der Waals surface area contributed by atoms with Gasteiger partial charge in [-0.05, 0) is 131 Å². The van der Waals surface area contributed by atoms with Gasteiger partial charge in [0.25, 0.3) is 0 Å². The Balaban J connectivity index is 0.987. The molecule has 0 fully saturated rings. The van der Waals surface area contributed by atoms with Crippen molar-refractivity contribution in [2.45, 2.75) is 5.41 Å². The summed E-state index contributed by atoms with van der Waals surface area (Å²) in [5, 5.41) is 7.25. The summed E-state index contributed by atoms with van der Waals surface area (Å²) in [6.07, 6.45) is 0. The van der Waals surface area contributed by atoms with Crippen molar-refractivity contribution in [2.24, 2.45) is 0 Å². The molecule has 0 amide bonds. The van der Waals surface area contributed by atoms with Crippen LogP contribution >= 0.6 is 0 Å². The second kappa shape index (κ2) is 16.5. The van der Waals surface area contributed by atoms with Crippen molar-refractivity contribution in [3.8, 4) is 84.1 Å². The molecule has 12 aromatic carbocycles. The molecule has 3 heteroatoms. The molecule has 0 saturated heterocycles. The van der Waals surface area contributed by atoms with E-state index >= 15 is 0 Å². The zero-order valence-electron chi connectivity index (χ0n) is 41.3. The average Bonchev–Trinajstić information content (AvgIpc) is 4.19. The molecule has 0 aliphatic heterocycles. The largest absolute Gasteiger partial charge is 0.309 e. The van der Waals surface area contributed by atoms with Gasteiger partial charge in [-0.1, -0.05) is 231 Å². The molecular weight excluding hydrogens is 919 g/mol. The fraction of sp³-hybridized carbons (Fsp3) is 0.0137. The van der Waals surface area contributed by atoms with Crippen molar-refractivity contribution in [3.05, 3.63) is 295 Å². The molecule has 0 unspecified atom stereocenters. The number of hydrogen-bond donors (Lipinski definition) is 0. The molecule has 352 valence electrons. The van der Waals surface area contributed by atoms with Gasteiger partial charge in [-0.2, -0.15) is 0 Å². The Hall–Kier alpha value is -9.96. The van der Waals surface area contributed by atoms with E-state index in [-0.39, 0.29) is 0 Å². The summed E-state index contributed by atoms with van der Waals surface area (Å²) in [5.74, 6) is 0.658. The van der Waals surface area contributed by atoms with Crippen molar-refractivity contribution in [1.82, 2.24) is 14.5 Å². The molecule has 1 spiro atoms. The summed E-state index contributed by atoms with van der Waals surface area (Å²) in [6.45, 7) is 0. The summed E-state index contributed by atoms with van der Waals surface area (Å²) in [7, 11) is 0. The van der Waals surface area contributed by atoms with E-state index in [1.165, 1.54) is 88.0 Å². The molecule has 2 aliphatic rings. The normalized spacial score (nSPS) is 12.8. The van der Waals surface area contributed by atoms with Gasteiger partial charge in [0.15, 0.2) is 5.82 Å². The maximum atomic E-state index is 5.78. The zero-order valence-corrected chi connectivity index (χ0v) is 41.3. The predicted molar refractivity (Wildman–Crippen MR) is 315 cm³/mol. The number of aromatic nitrogens is 3. The van der Waals surface area contributed by atoms with Crippen LogP contribution in [0.3, 0.4) is 0 Å². The van der Waals surface area contributed by atoms with Crippen LogP contribution in [0.4, 0.5) is 0 Å². The lowest BCUT2D eigenvalue weighted by atomic mass is 9.70. The Morgan fingerprint density at radius 3 is 1.59 bits per heavy atom. The molecule has 3 nitrogen and oxygen atoms in total. The van der Waals surface area contributed by atoms with Gasteiger partial charge in [-0.25, -0.2) is 9.97 Å². The van der Waals surface area contributed by atoms with Crippen LogP contribution in [0.5, 0.6) is 0 Å². The lowest BCUT2D eigenvalue weighted by Gasteiger charge is -2.30. The molecular formula is C73H45N3. The summed E-state index contributed by atoms with van der Waals surface area (Å²) in [6, 6.07) is 100. The Labute approximate surface area is 440 Å². The molecule has 0 N–H and O–H groups in total. The molecule has 2 aliphatic carbocycles. The molecule has 76 heavy (non-hydrogen) atoms. The zero-order chi connectivity index (χ0) is 49.9. The van der Waals surface area contributed by atoms with E-state index < -0.39 is 5.41 Å². The summed E-state index contributed by atoms with van der Waals surface area (Å²) in [4.78, 5) is 11.4. The minimum Gasteiger partial charge on any atom is -0.309 e. The summed E-state index contributed by atoms with van der Waals surface area (Å²) >= 11 is 0. The first-order valence-corrected chi connectivity index (χ1v) is 26.2. The van der Waals surface area contributed by atoms with E-state index in [1.807, 2.05) is 0 Å². The number of benzene rings is 12. The van der Waals surface area contributed by atoms with E-state index in [9.17, 15) is 0 Å². The van der Waals surface area contributed by atoms with Crippen molar-refractivity contribution in [1.29, 1.82) is 0 Å².